The topological polar surface area (TPSA) is 72.3 Å². The lowest BCUT2D eigenvalue weighted by Crippen LogP contribution is -2.43. The molecule has 0 aliphatic carbocycles. The van der Waals surface area contributed by atoms with E-state index in [0.29, 0.717) is 18.4 Å². The van der Waals surface area contributed by atoms with Crippen molar-refractivity contribution in [2.24, 2.45) is 16.6 Å². The predicted octanol–water partition coefficient (Wildman–Crippen LogP) is 2.17. The molecular weight excluding hydrogens is 391 g/mol. The summed E-state index contributed by atoms with van der Waals surface area (Å²) in [7, 11) is 0. The summed E-state index contributed by atoms with van der Waals surface area (Å²) in [5.41, 5.74) is 6.15. The Kier molecular flexibility index (Phi) is 6.46. The van der Waals surface area contributed by atoms with Gasteiger partial charge in [0.15, 0.2) is 11.8 Å². The highest BCUT2D eigenvalue weighted by atomic mass is 127. The standard InChI is InChI=1S/C15H26N6.HI/c1-12-6-5-8-20(11-12)15(16)17-10-14-19-18-13-7-3-2-4-9-21(13)14;/h12H,2-11H2,1H3,(H2,16,17);1H. The van der Waals surface area contributed by atoms with Gasteiger partial charge in [0, 0.05) is 26.1 Å². The average molecular weight is 418 g/mol. The van der Waals surface area contributed by atoms with E-state index >= 15 is 0 Å². The van der Waals surface area contributed by atoms with Crippen molar-refractivity contribution in [3.8, 4) is 0 Å². The number of halogens is 1. The summed E-state index contributed by atoms with van der Waals surface area (Å²) < 4.78 is 2.24. The lowest BCUT2D eigenvalue weighted by molar-refractivity contribution is 0.270. The van der Waals surface area contributed by atoms with Gasteiger partial charge in [0.25, 0.3) is 0 Å². The highest BCUT2D eigenvalue weighted by Gasteiger charge is 2.18. The average Bonchev–Trinajstić information content (AvgIpc) is 2.72. The number of fused-ring (bicyclic) bond motifs is 1. The maximum Gasteiger partial charge on any atom is 0.191 e. The first-order valence-electron chi connectivity index (χ1n) is 8.20. The van der Waals surface area contributed by atoms with E-state index < -0.39 is 0 Å². The number of aryl methyl sites for hydroxylation is 1. The van der Waals surface area contributed by atoms with Crippen molar-refractivity contribution in [2.45, 2.75) is 58.5 Å². The first kappa shape index (κ1) is 17.5. The van der Waals surface area contributed by atoms with Gasteiger partial charge in [-0.2, -0.15) is 0 Å². The molecule has 3 heterocycles. The van der Waals surface area contributed by atoms with Crippen LogP contribution in [0.3, 0.4) is 0 Å². The van der Waals surface area contributed by atoms with Crippen LogP contribution in [-0.2, 0) is 19.5 Å². The number of guanidine groups is 1. The first-order valence-corrected chi connectivity index (χ1v) is 8.20. The fourth-order valence-electron chi connectivity index (χ4n) is 3.31. The molecule has 2 N–H and O–H groups in total. The van der Waals surface area contributed by atoms with Gasteiger partial charge >= 0.3 is 0 Å². The summed E-state index contributed by atoms with van der Waals surface area (Å²) in [4.78, 5) is 6.76. The van der Waals surface area contributed by atoms with Crippen molar-refractivity contribution in [2.75, 3.05) is 13.1 Å². The van der Waals surface area contributed by atoms with Gasteiger partial charge in [-0.25, -0.2) is 4.99 Å². The minimum atomic E-state index is 0. The quantitative estimate of drug-likeness (QED) is 0.454. The highest BCUT2D eigenvalue weighted by Crippen LogP contribution is 2.16. The zero-order valence-electron chi connectivity index (χ0n) is 13.4. The molecule has 7 heteroatoms. The Morgan fingerprint density at radius 2 is 2.09 bits per heavy atom. The lowest BCUT2D eigenvalue weighted by atomic mass is 10.0. The van der Waals surface area contributed by atoms with Crippen molar-refractivity contribution < 1.29 is 0 Å². The van der Waals surface area contributed by atoms with Crippen molar-refractivity contribution in [3.63, 3.8) is 0 Å². The van der Waals surface area contributed by atoms with E-state index in [2.05, 4.69) is 31.6 Å². The first-order chi connectivity index (χ1) is 10.2. The van der Waals surface area contributed by atoms with Crippen LogP contribution in [0.5, 0.6) is 0 Å². The normalized spacial score (nSPS) is 22.7. The molecule has 0 amide bonds. The number of rotatable bonds is 2. The van der Waals surface area contributed by atoms with Crippen molar-refractivity contribution in [1.29, 1.82) is 0 Å². The second-order valence-electron chi connectivity index (χ2n) is 6.36. The molecule has 1 unspecified atom stereocenters. The molecule has 1 saturated heterocycles. The second kappa shape index (κ2) is 8.12. The predicted molar refractivity (Wildman–Crippen MR) is 98.3 cm³/mol. The molecule has 0 saturated carbocycles. The zero-order chi connectivity index (χ0) is 14.7. The Morgan fingerprint density at radius 3 is 2.91 bits per heavy atom. The van der Waals surface area contributed by atoms with Gasteiger partial charge in [0.2, 0.25) is 0 Å². The SMILES string of the molecule is CC1CCCN(C(N)=NCc2nnc3n2CCCCC3)C1.I. The summed E-state index contributed by atoms with van der Waals surface area (Å²) >= 11 is 0. The van der Waals surface area contributed by atoms with Crippen molar-refractivity contribution >= 4 is 29.9 Å². The van der Waals surface area contributed by atoms with Crippen LogP contribution in [0.1, 0.15) is 50.7 Å². The Balaban J connectivity index is 0.00000176. The maximum absolute atomic E-state index is 6.15. The molecule has 1 aromatic rings. The number of piperidine rings is 1. The number of hydrogen-bond acceptors (Lipinski definition) is 3. The largest absolute Gasteiger partial charge is 0.370 e. The molecule has 1 atom stereocenters. The van der Waals surface area contributed by atoms with Crippen LogP contribution in [0.25, 0.3) is 0 Å². The van der Waals surface area contributed by atoms with Crippen LogP contribution in [-0.4, -0.2) is 38.7 Å². The molecule has 0 spiro atoms. The Labute approximate surface area is 149 Å². The van der Waals surface area contributed by atoms with Crippen LogP contribution in [0.15, 0.2) is 4.99 Å². The minimum absolute atomic E-state index is 0. The summed E-state index contributed by atoms with van der Waals surface area (Å²) in [6.45, 7) is 5.89. The Hall–Kier alpha value is -0.860. The Morgan fingerprint density at radius 1 is 1.23 bits per heavy atom. The molecule has 22 heavy (non-hydrogen) atoms. The summed E-state index contributed by atoms with van der Waals surface area (Å²) in [5.74, 6) is 3.44. The summed E-state index contributed by atoms with van der Waals surface area (Å²) in [5, 5.41) is 8.61. The van der Waals surface area contributed by atoms with Gasteiger partial charge in [-0.1, -0.05) is 13.3 Å². The third-order valence-electron chi connectivity index (χ3n) is 4.55. The third-order valence-corrected chi connectivity index (χ3v) is 4.55. The smallest absolute Gasteiger partial charge is 0.191 e. The van der Waals surface area contributed by atoms with Gasteiger partial charge < -0.3 is 15.2 Å². The maximum atomic E-state index is 6.15. The molecule has 3 rings (SSSR count). The van der Waals surface area contributed by atoms with E-state index in [0.717, 1.165) is 37.7 Å². The number of nitrogens with zero attached hydrogens (tertiary/aromatic N) is 5. The van der Waals surface area contributed by atoms with E-state index in [4.69, 9.17) is 5.73 Å². The van der Waals surface area contributed by atoms with Crippen LogP contribution in [0.4, 0.5) is 0 Å². The monoisotopic (exact) mass is 418 g/mol. The fraction of sp³-hybridized carbons (Fsp3) is 0.800. The molecule has 0 aromatic carbocycles. The molecule has 6 nitrogen and oxygen atoms in total. The van der Waals surface area contributed by atoms with Gasteiger partial charge in [-0.15, -0.1) is 34.2 Å². The van der Waals surface area contributed by atoms with E-state index in [-0.39, 0.29) is 24.0 Å². The second-order valence-corrected chi connectivity index (χ2v) is 6.36. The molecule has 1 fully saturated rings. The van der Waals surface area contributed by atoms with E-state index in [1.54, 1.807) is 0 Å². The van der Waals surface area contributed by atoms with E-state index in [1.165, 1.54) is 32.1 Å². The van der Waals surface area contributed by atoms with Crippen LogP contribution >= 0.6 is 24.0 Å². The number of hydrogen-bond donors (Lipinski definition) is 1. The number of aromatic nitrogens is 3. The lowest BCUT2D eigenvalue weighted by Gasteiger charge is -2.31. The molecule has 2 aliphatic heterocycles. The fourth-order valence-corrected chi connectivity index (χ4v) is 3.31. The zero-order valence-corrected chi connectivity index (χ0v) is 15.7. The molecule has 0 bridgehead atoms. The van der Waals surface area contributed by atoms with Crippen LogP contribution in [0.2, 0.25) is 0 Å². The van der Waals surface area contributed by atoms with Gasteiger partial charge in [-0.3, -0.25) is 0 Å². The summed E-state index contributed by atoms with van der Waals surface area (Å²) in [6, 6.07) is 0. The van der Waals surface area contributed by atoms with Crippen molar-refractivity contribution in [1.82, 2.24) is 19.7 Å². The highest BCUT2D eigenvalue weighted by molar-refractivity contribution is 14.0. The Bertz CT molecular complexity index is 512. The summed E-state index contributed by atoms with van der Waals surface area (Å²) in [6.07, 6.45) is 7.24. The van der Waals surface area contributed by atoms with E-state index in [1.807, 2.05) is 0 Å². The van der Waals surface area contributed by atoms with Gasteiger partial charge in [0.1, 0.15) is 12.4 Å². The number of likely N-dealkylation sites (tertiary alicyclic amines) is 1. The molecule has 1 aromatic heterocycles. The van der Waals surface area contributed by atoms with Crippen molar-refractivity contribution in [3.05, 3.63) is 11.6 Å². The van der Waals surface area contributed by atoms with Gasteiger partial charge in [-0.05, 0) is 31.6 Å². The van der Waals surface area contributed by atoms with Crippen LogP contribution < -0.4 is 5.73 Å². The number of nitrogens with two attached hydrogens (primary N) is 1. The van der Waals surface area contributed by atoms with Gasteiger partial charge in [0.05, 0.1) is 0 Å². The third kappa shape index (κ3) is 4.11. The molecular formula is C15H27IN6. The molecule has 2 aliphatic rings. The van der Waals surface area contributed by atoms with Crippen LogP contribution in [0, 0.1) is 5.92 Å². The minimum Gasteiger partial charge on any atom is -0.370 e. The number of aliphatic imine (C=N–C) groups is 1. The molecule has 124 valence electrons. The molecule has 0 radical (unpaired) electrons. The van der Waals surface area contributed by atoms with E-state index in [9.17, 15) is 0 Å².